The van der Waals surface area contributed by atoms with Crippen molar-refractivity contribution in [2.45, 2.75) is 19.8 Å². The molecule has 0 atom stereocenters. The molecule has 2 N–H and O–H groups in total. The van der Waals surface area contributed by atoms with Gasteiger partial charge in [-0.25, -0.2) is 9.37 Å². The number of carbonyl (C=O) groups is 1. The van der Waals surface area contributed by atoms with E-state index in [2.05, 4.69) is 15.6 Å². The van der Waals surface area contributed by atoms with E-state index >= 15 is 0 Å². The lowest BCUT2D eigenvalue weighted by atomic mass is 9.97. The molecule has 3 rings (SSSR count). The number of benzene rings is 1. The van der Waals surface area contributed by atoms with Gasteiger partial charge in [-0.05, 0) is 45.0 Å². The molecule has 1 aliphatic heterocycles. The van der Waals surface area contributed by atoms with Crippen LogP contribution in [0.25, 0.3) is 10.2 Å². The smallest absolute Gasteiger partial charge is 0.229 e. The van der Waals surface area contributed by atoms with E-state index in [4.69, 9.17) is 0 Å². The molecule has 0 unspecified atom stereocenters. The predicted octanol–water partition coefficient (Wildman–Crippen LogP) is 2.68. The molecule has 1 aromatic heterocycles. The Morgan fingerprint density at radius 2 is 2.20 bits per heavy atom. The van der Waals surface area contributed by atoms with Crippen LogP contribution in [0.1, 0.15) is 18.4 Å². The molecule has 2 aromatic rings. The van der Waals surface area contributed by atoms with Gasteiger partial charge in [-0.1, -0.05) is 11.3 Å². The lowest BCUT2D eigenvalue weighted by molar-refractivity contribution is -0.120. The van der Waals surface area contributed by atoms with Crippen LogP contribution in [0.2, 0.25) is 0 Å². The first-order valence-electron chi connectivity index (χ1n) is 6.72. The Morgan fingerprint density at radius 3 is 2.95 bits per heavy atom. The highest BCUT2D eigenvalue weighted by atomic mass is 32.1. The quantitative estimate of drug-likeness (QED) is 0.895. The number of aryl methyl sites for hydroxylation is 1. The van der Waals surface area contributed by atoms with E-state index in [1.165, 1.54) is 17.4 Å². The van der Waals surface area contributed by atoms with Crippen molar-refractivity contribution in [2.24, 2.45) is 5.92 Å². The summed E-state index contributed by atoms with van der Waals surface area (Å²) in [5.74, 6) is -0.205. The molecule has 1 fully saturated rings. The molecule has 0 spiro atoms. The number of piperidine rings is 1. The van der Waals surface area contributed by atoms with Crippen LogP contribution in [0.4, 0.5) is 9.52 Å². The molecule has 0 aliphatic carbocycles. The van der Waals surface area contributed by atoms with E-state index < -0.39 is 0 Å². The molecule has 1 aliphatic rings. The second-order valence-electron chi connectivity index (χ2n) is 5.05. The second kappa shape index (κ2) is 5.46. The Hall–Kier alpha value is -1.53. The standard InChI is InChI=1S/C14H16FN3OS/c1-8-10(15)2-3-11-12(8)17-14(20-11)18-13(19)9-4-6-16-7-5-9/h2-3,9,16H,4-7H2,1H3,(H,17,18,19). The highest BCUT2D eigenvalue weighted by Crippen LogP contribution is 2.29. The van der Waals surface area contributed by atoms with Crippen LogP contribution >= 0.6 is 11.3 Å². The molecule has 1 saturated heterocycles. The van der Waals surface area contributed by atoms with Gasteiger partial charge in [0, 0.05) is 11.5 Å². The van der Waals surface area contributed by atoms with Crippen molar-refractivity contribution in [3.63, 3.8) is 0 Å². The number of anilines is 1. The molecule has 20 heavy (non-hydrogen) atoms. The van der Waals surface area contributed by atoms with Gasteiger partial charge in [0.25, 0.3) is 0 Å². The zero-order valence-corrected chi connectivity index (χ0v) is 12.0. The normalized spacial score (nSPS) is 16.5. The van der Waals surface area contributed by atoms with Gasteiger partial charge in [0.15, 0.2) is 5.13 Å². The van der Waals surface area contributed by atoms with Gasteiger partial charge in [0.1, 0.15) is 5.82 Å². The highest BCUT2D eigenvalue weighted by molar-refractivity contribution is 7.22. The number of nitrogens with zero attached hydrogens (tertiary/aromatic N) is 1. The van der Waals surface area contributed by atoms with Gasteiger partial charge in [-0.2, -0.15) is 0 Å². The third-order valence-electron chi connectivity index (χ3n) is 3.69. The molecule has 2 heterocycles. The first kappa shape index (κ1) is 13.5. The Bertz CT molecular complexity index is 649. The van der Waals surface area contributed by atoms with Gasteiger partial charge in [0.2, 0.25) is 5.91 Å². The summed E-state index contributed by atoms with van der Waals surface area (Å²) in [5, 5.41) is 6.65. The lowest BCUT2D eigenvalue weighted by Gasteiger charge is -2.20. The summed E-state index contributed by atoms with van der Waals surface area (Å²) in [6, 6.07) is 3.14. The van der Waals surface area contributed by atoms with Crippen LogP contribution in [0.3, 0.4) is 0 Å². The van der Waals surface area contributed by atoms with E-state index in [-0.39, 0.29) is 17.6 Å². The molecular formula is C14H16FN3OS. The molecule has 0 saturated carbocycles. The summed E-state index contributed by atoms with van der Waals surface area (Å²) in [5.41, 5.74) is 1.16. The number of amides is 1. The minimum atomic E-state index is -0.265. The minimum absolute atomic E-state index is 0.0173. The molecule has 6 heteroatoms. The minimum Gasteiger partial charge on any atom is -0.317 e. The summed E-state index contributed by atoms with van der Waals surface area (Å²) in [7, 11) is 0. The number of thiazole rings is 1. The summed E-state index contributed by atoms with van der Waals surface area (Å²) >= 11 is 1.39. The average Bonchev–Trinajstić information content (AvgIpc) is 2.87. The maximum atomic E-state index is 13.5. The largest absolute Gasteiger partial charge is 0.317 e. The van der Waals surface area contributed by atoms with Gasteiger partial charge >= 0.3 is 0 Å². The molecule has 0 radical (unpaired) electrons. The van der Waals surface area contributed by atoms with Crippen molar-refractivity contribution >= 4 is 32.6 Å². The van der Waals surface area contributed by atoms with Crippen LogP contribution in [0, 0.1) is 18.7 Å². The zero-order chi connectivity index (χ0) is 14.1. The van der Waals surface area contributed by atoms with E-state index in [0.717, 1.165) is 30.6 Å². The Labute approximate surface area is 120 Å². The van der Waals surface area contributed by atoms with Gasteiger partial charge in [-0.15, -0.1) is 0 Å². The fourth-order valence-electron chi connectivity index (χ4n) is 2.45. The second-order valence-corrected chi connectivity index (χ2v) is 6.08. The molecule has 0 bridgehead atoms. The van der Waals surface area contributed by atoms with Crippen LogP contribution in [0.5, 0.6) is 0 Å². The maximum absolute atomic E-state index is 13.5. The topological polar surface area (TPSA) is 54.0 Å². The maximum Gasteiger partial charge on any atom is 0.229 e. The number of hydrogen-bond donors (Lipinski definition) is 2. The highest BCUT2D eigenvalue weighted by Gasteiger charge is 2.22. The Morgan fingerprint density at radius 1 is 1.45 bits per heavy atom. The van der Waals surface area contributed by atoms with Crippen LogP contribution in [-0.4, -0.2) is 24.0 Å². The van der Waals surface area contributed by atoms with Gasteiger partial charge in [0.05, 0.1) is 10.2 Å². The number of rotatable bonds is 2. The predicted molar refractivity (Wildman–Crippen MR) is 78.5 cm³/mol. The fraction of sp³-hybridized carbons (Fsp3) is 0.429. The number of carbonyl (C=O) groups excluding carboxylic acids is 1. The molecule has 4 nitrogen and oxygen atoms in total. The summed E-state index contributed by atoms with van der Waals surface area (Å²) in [6.45, 7) is 3.46. The van der Waals surface area contributed by atoms with Crippen molar-refractivity contribution in [2.75, 3.05) is 18.4 Å². The molecular weight excluding hydrogens is 277 g/mol. The number of fused-ring (bicyclic) bond motifs is 1. The first-order chi connectivity index (χ1) is 9.65. The van der Waals surface area contributed by atoms with Crippen molar-refractivity contribution in [1.82, 2.24) is 10.3 Å². The summed E-state index contributed by atoms with van der Waals surface area (Å²) < 4.78 is 14.4. The van der Waals surface area contributed by atoms with Crippen LogP contribution in [-0.2, 0) is 4.79 Å². The lowest BCUT2D eigenvalue weighted by Crippen LogP contribution is -2.34. The van der Waals surface area contributed by atoms with E-state index in [1.807, 2.05) is 0 Å². The first-order valence-corrected chi connectivity index (χ1v) is 7.54. The summed E-state index contributed by atoms with van der Waals surface area (Å²) in [6.07, 6.45) is 1.70. The van der Waals surface area contributed by atoms with Crippen molar-refractivity contribution < 1.29 is 9.18 Å². The monoisotopic (exact) mass is 293 g/mol. The van der Waals surface area contributed by atoms with Crippen LogP contribution in [0.15, 0.2) is 12.1 Å². The molecule has 106 valence electrons. The molecule has 1 aromatic carbocycles. The number of halogens is 1. The van der Waals surface area contributed by atoms with Gasteiger partial charge in [-0.3, -0.25) is 4.79 Å². The number of aromatic nitrogens is 1. The van der Waals surface area contributed by atoms with E-state index in [0.29, 0.717) is 16.2 Å². The fourth-order valence-corrected chi connectivity index (χ4v) is 3.37. The van der Waals surface area contributed by atoms with Crippen molar-refractivity contribution in [1.29, 1.82) is 0 Å². The van der Waals surface area contributed by atoms with E-state index in [9.17, 15) is 9.18 Å². The van der Waals surface area contributed by atoms with Crippen molar-refractivity contribution in [3.05, 3.63) is 23.5 Å². The van der Waals surface area contributed by atoms with Gasteiger partial charge < -0.3 is 10.6 Å². The third-order valence-corrected chi connectivity index (χ3v) is 4.62. The zero-order valence-electron chi connectivity index (χ0n) is 11.2. The molecule has 1 amide bonds. The third kappa shape index (κ3) is 2.53. The van der Waals surface area contributed by atoms with E-state index in [1.54, 1.807) is 13.0 Å². The van der Waals surface area contributed by atoms with Crippen LogP contribution < -0.4 is 10.6 Å². The van der Waals surface area contributed by atoms with Crippen molar-refractivity contribution in [3.8, 4) is 0 Å². The number of hydrogen-bond acceptors (Lipinski definition) is 4. The summed E-state index contributed by atoms with van der Waals surface area (Å²) in [4.78, 5) is 16.5. The average molecular weight is 293 g/mol. The Kier molecular flexibility index (Phi) is 3.67. The Balaban J connectivity index is 1.80. The number of nitrogens with one attached hydrogen (secondary N) is 2. The SMILES string of the molecule is Cc1c(F)ccc2sc(NC(=O)C3CCNCC3)nc12.